The van der Waals surface area contributed by atoms with E-state index in [4.69, 9.17) is 14.2 Å². The summed E-state index contributed by atoms with van der Waals surface area (Å²) in [5, 5.41) is 0. The smallest absolute Gasteiger partial charge is 0.254 e. The minimum absolute atomic E-state index is 0.140. The van der Waals surface area contributed by atoms with E-state index in [0.29, 0.717) is 62.0 Å². The predicted octanol–water partition coefficient (Wildman–Crippen LogP) is 2.39. The number of carbonyl (C=O) groups excluding carboxylic acids is 2. The maximum absolute atomic E-state index is 13.3. The molecule has 1 aliphatic rings. The Kier molecular flexibility index (Phi) is 8.84. The monoisotopic (exact) mass is 473 g/mol. The summed E-state index contributed by atoms with van der Waals surface area (Å²) in [5.41, 5.74) is 0.902. The van der Waals surface area contributed by atoms with Gasteiger partial charge in [0.25, 0.3) is 11.8 Å². The van der Waals surface area contributed by atoms with Crippen LogP contribution in [0.4, 0.5) is 4.39 Å². The summed E-state index contributed by atoms with van der Waals surface area (Å²) in [6, 6.07) is 10.6. The average molecular weight is 474 g/mol. The molecule has 2 aromatic carbocycles. The SMILES string of the molecule is COc1ccc(C(=O)N2CCOC(CN(CCN(C)C)C(=O)c3ccc(F)cc3)C2)cc1OC. The van der Waals surface area contributed by atoms with Crippen molar-refractivity contribution in [3.05, 3.63) is 59.4 Å². The number of hydrogen-bond acceptors (Lipinski definition) is 6. The molecule has 1 atom stereocenters. The van der Waals surface area contributed by atoms with Crippen molar-refractivity contribution < 1.29 is 28.2 Å². The van der Waals surface area contributed by atoms with Gasteiger partial charge in [-0.25, -0.2) is 4.39 Å². The van der Waals surface area contributed by atoms with Crippen LogP contribution in [-0.4, -0.2) is 100 Å². The maximum Gasteiger partial charge on any atom is 0.254 e. The van der Waals surface area contributed by atoms with E-state index in [1.807, 2.05) is 19.0 Å². The molecular weight excluding hydrogens is 441 g/mol. The summed E-state index contributed by atoms with van der Waals surface area (Å²) in [4.78, 5) is 31.7. The highest BCUT2D eigenvalue weighted by Gasteiger charge is 2.29. The van der Waals surface area contributed by atoms with Crippen LogP contribution >= 0.6 is 0 Å². The first-order valence-electron chi connectivity index (χ1n) is 11.1. The second-order valence-electron chi connectivity index (χ2n) is 8.38. The van der Waals surface area contributed by atoms with Crippen molar-refractivity contribution in [3.63, 3.8) is 0 Å². The number of nitrogens with zero attached hydrogens (tertiary/aromatic N) is 3. The fraction of sp³-hybridized carbons (Fsp3) is 0.440. The fourth-order valence-corrected chi connectivity index (χ4v) is 3.78. The molecule has 1 saturated heterocycles. The van der Waals surface area contributed by atoms with Gasteiger partial charge in [-0.05, 0) is 56.6 Å². The molecule has 0 bridgehead atoms. The molecule has 3 rings (SSSR count). The van der Waals surface area contributed by atoms with Crippen LogP contribution < -0.4 is 9.47 Å². The van der Waals surface area contributed by atoms with Crippen LogP contribution in [0.1, 0.15) is 20.7 Å². The number of rotatable bonds is 9. The highest BCUT2D eigenvalue weighted by molar-refractivity contribution is 5.95. The third-order valence-electron chi connectivity index (χ3n) is 5.68. The third kappa shape index (κ3) is 6.45. The van der Waals surface area contributed by atoms with Gasteiger partial charge in [0.2, 0.25) is 0 Å². The van der Waals surface area contributed by atoms with Gasteiger partial charge in [0.15, 0.2) is 11.5 Å². The zero-order chi connectivity index (χ0) is 24.7. The summed E-state index contributed by atoms with van der Waals surface area (Å²) >= 11 is 0. The van der Waals surface area contributed by atoms with Gasteiger partial charge in [-0.15, -0.1) is 0 Å². The highest BCUT2D eigenvalue weighted by Crippen LogP contribution is 2.28. The highest BCUT2D eigenvalue weighted by atomic mass is 19.1. The lowest BCUT2D eigenvalue weighted by atomic mass is 10.1. The Morgan fingerprint density at radius 3 is 2.35 bits per heavy atom. The molecule has 1 aliphatic heterocycles. The second-order valence-corrected chi connectivity index (χ2v) is 8.38. The number of benzene rings is 2. The molecule has 0 spiro atoms. The molecular formula is C25H32FN3O5. The van der Waals surface area contributed by atoms with E-state index in [0.717, 1.165) is 0 Å². The third-order valence-corrected chi connectivity index (χ3v) is 5.68. The molecule has 1 heterocycles. The molecule has 1 fully saturated rings. The zero-order valence-corrected chi connectivity index (χ0v) is 20.1. The number of amides is 2. The van der Waals surface area contributed by atoms with E-state index >= 15 is 0 Å². The van der Waals surface area contributed by atoms with Gasteiger partial charge in [-0.3, -0.25) is 9.59 Å². The lowest BCUT2D eigenvalue weighted by molar-refractivity contribution is -0.0334. The van der Waals surface area contributed by atoms with Crippen LogP contribution in [0.3, 0.4) is 0 Å². The van der Waals surface area contributed by atoms with Gasteiger partial charge in [0.1, 0.15) is 5.82 Å². The number of halogens is 1. The van der Waals surface area contributed by atoms with Crippen molar-refractivity contribution in [2.45, 2.75) is 6.10 Å². The molecule has 0 aliphatic carbocycles. The first-order valence-corrected chi connectivity index (χ1v) is 11.1. The zero-order valence-electron chi connectivity index (χ0n) is 20.1. The van der Waals surface area contributed by atoms with E-state index in [1.165, 1.54) is 31.4 Å². The van der Waals surface area contributed by atoms with Crippen LogP contribution in [-0.2, 0) is 4.74 Å². The fourth-order valence-electron chi connectivity index (χ4n) is 3.78. The van der Waals surface area contributed by atoms with Crippen LogP contribution in [0.15, 0.2) is 42.5 Å². The van der Waals surface area contributed by atoms with E-state index < -0.39 is 5.82 Å². The van der Waals surface area contributed by atoms with E-state index in [2.05, 4.69) is 0 Å². The molecule has 2 aromatic rings. The van der Waals surface area contributed by atoms with E-state index in [1.54, 1.807) is 35.1 Å². The summed E-state index contributed by atoms with van der Waals surface area (Å²) in [6.07, 6.45) is -0.343. The minimum atomic E-state index is -0.392. The molecule has 0 saturated carbocycles. The van der Waals surface area contributed by atoms with Gasteiger partial charge in [-0.2, -0.15) is 0 Å². The number of ether oxygens (including phenoxy) is 3. The van der Waals surface area contributed by atoms with Crippen molar-refractivity contribution in [1.29, 1.82) is 0 Å². The van der Waals surface area contributed by atoms with Gasteiger partial charge < -0.3 is 28.9 Å². The first-order chi connectivity index (χ1) is 16.3. The maximum atomic E-state index is 13.3. The largest absolute Gasteiger partial charge is 0.493 e. The summed E-state index contributed by atoms with van der Waals surface area (Å²) in [7, 11) is 6.93. The quantitative estimate of drug-likeness (QED) is 0.557. The van der Waals surface area contributed by atoms with Crippen LogP contribution in [0.2, 0.25) is 0 Å². The molecule has 184 valence electrons. The Morgan fingerprint density at radius 1 is 1.03 bits per heavy atom. The van der Waals surface area contributed by atoms with Crippen molar-refractivity contribution in [1.82, 2.24) is 14.7 Å². The number of likely N-dealkylation sites (N-methyl/N-ethyl adjacent to an activating group) is 1. The van der Waals surface area contributed by atoms with Crippen LogP contribution in [0.5, 0.6) is 11.5 Å². The second kappa shape index (κ2) is 11.8. The first kappa shape index (κ1) is 25.5. The summed E-state index contributed by atoms with van der Waals surface area (Å²) in [5.74, 6) is 0.303. The Hall–Kier alpha value is -3.17. The number of carbonyl (C=O) groups is 2. The normalized spacial score (nSPS) is 15.8. The molecule has 9 heteroatoms. The summed E-state index contributed by atoms with van der Waals surface area (Å²) in [6.45, 7) is 2.63. The van der Waals surface area contributed by atoms with Crippen LogP contribution in [0.25, 0.3) is 0 Å². The van der Waals surface area contributed by atoms with E-state index in [-0.39, 0.29) is 17.9 Å². The Balaban J connectivity index is 1.71. The molecule has 0 radical (unpaired) electrons. The molecule has 2 amide bonds. The average Bonchev–Trinajstić information content (AvgIpc) is 2.85. The molecule has 1 unspecified atom stereocenters. The topological polar surface area (TPSA) is 71.5 Å². The lowest BCUT2D eigenvalue weighted by Gasteiger charge is -2.36. The number of methoxy groups -OCH3 is 2. The van der Waals surface area contributed by atoms with E-state index in [9.17, 15) is 14.0 Å². The predicted molar refractivity (Wildman–Crippen MR) is 126 cm³/mol. The van der Waals surface area contributed by atoms with Gasteiger partial charge >= 0.3 is 0 Å². The van der Waals surface area contributed by atoms with Crippen molar-refractivity contribution in [2.24, 2.45) is 0 Å². The Bertz CT molecular complexity index is 983. The minimum Gasteiger partial charge on any atom is -0.493 e. The molecule has 34 heavy (non-hydrogen) atoms. The molecule has 0 N–H and O–H groups in total. The van der Waals surface area contributed by atoms with Crippen molar-refractivity contribution >= 4 is 11.8 Å². The van der Waals surface area contributed by atoms with Crippen LogP contribution in [0, 0.1) is 5.82 Å². The number of morpholine rings is 1. The lowest BCUT2D eigenvalue weighted by Crippen LogP contribution is -2.51. The summed E-state index contributed by atoms with van der Waals surface area (Å²) < 4.78 is 29.8. The van der Waals surface area contributed by atoms with Crippen molar-refractivity contribution in [2.75, 3.05) is 67.6 Å². The Morgan fingerprint density at radius 2 is 1.71 bits per heavy atom. The van der Waals surface area contributed by atoms with Gasteiger partial charge in [-0.1, -0.05) is 0 Å². The van der Waals surface area contributed by atoms with Gasteiger partial charge in [0, 0.05) is 43.9 Å². The standard InChI is InChI=1S/C25H32FN3O5/c1-27(2)11-12-28(24(30)18-5-8-20(26)9-6-18)16-21-17-29(13-14-34-21)25(31)19-7-10-22(32-3)23(15-19)33-4/h5-10,15,21H,11-14,16-17H2,1-4H3. The number of hydrogen-bond donors (Lipinski definition) is 0. The van der Waals surface area contributed by atoms with Crippen molar-refractivity contribution in [3.8, 4) is 11.5 Å². The molecule has 0 aromatic heterocycles. The Labute approximate surface area is 199 Å². The van der Waals surface area contributed by atoms with Gasteiger partial charge in [0.05, 0.1) is 26.9 Å². The molecule has 8 nitrogen and oxygen atoms in total.